The second-order valence-corrected chi connectivity index (χ2v) is 2.75. The van der Waals surface area contributed by atoms with E-state index in [1.54, 1.807) is 0 Å². The number of nitrogens with zero attached hydrogens (tertiary/aromatic N) is 3. The molecule has 1 rings (SSSR count). The quantitative estimate of drug-likeness (QED) is 0.503. The van der Waals surface area contributed by atoms with E-state index < -0.39 is 0 Å². The minimum atomic E-state index is -0.188. The molecule has 62 valence electrons. The van der Waals surface area contributed by atoms with Crippen molar-refractivity contribution in [2.75, 3.05) is 0 Å². The lowest BCUT2D eigenvalue weighted by atomic mass is 10.4. The second kappa shape index (κ2) is 3.38. The Balaban J connectivity index is 2.81. The second-order valence-electron chi connectivity index (χ2n) is 2.08. The van der Waals surface area contributed by atoms with Crippen LogP contribution in [0.2, 0.25) is 0 Å². The Bertz CT molecular complexity index is 213. The van der Waals surface area contributed by atoms with E-state index in [0.717, 1.165) is 6.42 Å². The van der Waals surface area contributed by atoms with Gasteiger partial charge >= 0.3 is 0 Å². The summed E-state index contributed by atoms with van der Waals surface area (Å²) in [6.45, 7) is 1.94. The molecule has 4 nitrogen and oxygen atoms in total. The van der Waals surface area contributed by atoms with Crippen molar-refractivity contribution in [2.24, 2.45) is 15.8 Å². The fourth-order valence-corrected chi connectivity index (χ4v) is 1.19. The van der Waals surface area contributed by atoms with Crippen LogP contribution in [0.5, 0.6) is 0 Å². The maximum Gasteiger partial charge on any atom is 0.222 e. The highest BCUT2D eigenvalue weighted by Gasteiger charge is 2.19. The van der Waals surface area contributed by atoms with Gasteiger partial charge in [-0.1, -0.05) is 6.92 Å². The van der Waals surface area contributed by atoms with E-state index in [2.05, 4.69) is 9.98 Å². The normalized spacial score (nSPS) is 24.7. The molecule has 0 aromatic rings. The van der Waals surface area contributed by atoms with E-state index in [0.29, 0.717) is 0 Å². The highest BCUT2D eigenvalue weighted by Crippen LogP contribution is 2.12. The van der Waals surface area contributed by atoms with Crippen LogP contribution in [-0.2, 0) is 0 Å². The first kappa shape index (κ1) is 8.77. The van der Waals surface area contributed by atoms with Gasteiger partial charge in [-0.2, -0.15) is 4.99 Å². The van der Waals surface area contributed by atoms with Crippen molar-refractivity contribution in [3.63, 3.8) is 0 Å². The van der Waals surface area contributed by atoms with Crippen LogP contribution >= 0.6 is 23.2 Å². The Labute approximate surface area is 74.7 Å². The number of aliphatic imine (C=N–C) groups is 2. The molecule has 1 heterocycles. The first-order chi connectivity index (χ1) is 5.15. The lowest BCUT2D eigenvalue weighted by molar-refractivity contribution is 0.323. The molecule has 11 heavy (non-hydrogen) atoms. The summed E-state index contributed by atoms with van der Waals surface area (Å²) in [6.07, 6.45) is 0.561. The van der Waals surface area contributed by atoms with E-state index >= 15 is 0 Å². The maximum absolute atomic E-state index is 5.62. The summed E-state index contributed by atoms with van der Waals surface area (Å²) in [6, 6.07) is 0. The molecule has 1 unspecified atom stereocenters. The number of rotatable bonds is 1. The van der Waals surface area contributed by atoms with Gasteiger partial charge in [-0.05, 0) is 29.6 Å². The molecular formula is C5H8Cl2N4. The van der Waals surface area contributed by atoms with E-state index in [1.165, 1.54) is 5.01 Å². The monoisotopic (exact) mass is 194 g/mol. The Kier molecular flexibility index (Phi) is 2.70. The van der Waals surface area contributed by atoms with Crippen molar-refractivity contribution in [1.82, 2.24) is 5.01 Å². The van der Waals surface area contributed by atoms with Crippen LogP contribution in [0, 0.1) is 0 Å². The van der Waals surface area contributed by atoms with Gasteiger partial charge in [-0.25, -0.2) is 10.8 Å². The number of amidine groups is 2. The molecule has 0 aromatic heterocycles. The molecule has 0 aromatic carbocycles. The van der Waals surface area contributed by atoms with Gasteiger partial charge in [0.2, 0.25) is 10.6 Å². The number of nitrogens with two attached hydrogens (primary N) is 1. The van der Waals surface area contributed by atoms with Crippen molar-refractivity contribution < 1.29 is 0 Å². The molecule has 0 aliphatic carbocycles. The molecule has 1 aliphatic heterocycles. The highest BCUT2D eigenvalue weighted by molar-refractivity contribution is 6.71. The molecule has 0 amide bonds. The molecule has 0 saturated heterocycles. The lowest BCUT2D eigenvalue weighted by Gasteiger charge is -2.25. The van der Waals surface area contributed by atoms with Crippen LogP contribution in [-0.4, -0.2) is 21.8 Å². The van der Waals surface area contributed by atoms with Crippen LogP contribution in [0.4, 0.5) is 0 Å². The smallest absolute Gasteiger partial charge is 0.222 e. The Morgan fingerprint density at radius 3 is 2.82 bits per heavy atom. The highest BCUT2D eigenvalue weighted by atomic mass is 35.5. The third-order valence-corrected chi connectivity index (χ3v) is 1.80. The third-order valence-electron chi connectivity index (χ3n) is 1.34. The minimum absolute atomic E-state index is 0.156. The number of hydrazine groups is 1. The molecule has 1 aliphatic rings. The summed E-state index contributed by atoms with van der Waals surface area (Å²) in [5, 5.41) is 1.62. The number of hydrogen-bond donors (Lipinski definition) is 1. The third kappa shape index (κ3) is 1.83. The molecule has 1 atom stereocenters. The number of halogens is 2. The zero-order chi connectivity index (χ0) is 8.43. The molecular weight excluding hydrogens is 187 g/mol. The average Bonchev–Trinajstić information content (AvgIpc) is 1.96. The summed E-state index contributed by atoms with van der Waals surface area (Å²) < 4.78 is 0. The number of hydrogen-bond acceptors (Lipinski definition) is 4. The zero-order valence-electron chi connectivity index (χ0n) is 5.96. The van der Waals surface area contributed by atoms with Crippen molar-refractivity contribution in [1.29, 1.82) is 0 Å². The van der Waals surface area contributed by atoms with Gasteiger partial charge in [0.1, 0.15) is 6.17 Å². The van der Waals surface area contributed by atoms with Gasteiger partial charge in [-0.3, -0.25) is 5.01 Å². The summed E-state index contributed by atoms with van der Waals surface area (Å²) in [7, 11) is 0. The van der Waals surface area contributed by atoms with E-state index in [9.17, 15) is 0 Å². The van der Waals surface area contributed by atoms with Crippen LogP contribution in [0.15, 0.2) is 9.98 Å². The molecule has 0 spiro atoms. The van der Waals surface area contributed by atoms with Crippen LogP contribution in [0.25, 0.3) is 0 Å². The Morgan fingerprint density at radius 1 is 1.64 bits per heavy atom. The van der Waals surface area contributed by atoms with Gasteiger partial charge in [-0.15, -0.1) is 0 Å². The summed E-state index contributed by atoms with van der Waals surface area (Å²) in [5.41, 5.74) is 0. The summed E-state index contributed by atoms with van der Waals surface area (Å²) in [4.78, 5) is 7.60. The molecule has 6 heteroatoms. The van der Waals surface area contributed by atoms with Crippen LogP contribution in [0.1, 0.15) is 13.3 Å². The topological polar surface area (TPSA) is 54.0 Å². The first-order valence-corrected chi connectivity index (χ1v) is 3.92. The summed E-state index contributed by atoms with van der Waals surface area (Å²) >= 11 is 11.2. The SMILES string of the molecule is CCC1N=C(Cl)N=C(Cl)N1N. The Hall–Kier alpha value is -0.320. The zero-order valence-corrected chi connectivity index (χ0v) is 7.47. The van der Waals surface area contributed by atoms with Crippen molar-refractivity contribution in [2.45, 2.75) is 19.5 Å². The van der Waals surface area contributed by atoms with Gasteiger partial charge in [0.05, 0.1) is 0 Å². The van der Waals surface area contributed by atoms with Gasteiger partial charge in [0.25, 0.3) is 0 Å². The molecule has 0 fully saturated rings. The van der Waals surface area contributed by atoms with Crippen molar-refractivity contribution >= 4 is 33.8 Å². The average molecular weight is 195 g/mol. The fourth-order valence-electron chi connectivity index (χ4n) is 0.759. The molecule has 2 N–H and O–H groups in total. The Morgan fingerprint density at radius 2 is 2.27 bits per heavy atom. The standard InChI is InChI=1S/C5H8Cl2N4/c1-2-3-9-4(6)10-5(7)11(3)8/h3H,2,8H2,1H3. The lowest BCUT2D eigenvalue weighted by Crippen LogP contribution is -2.44. The first-order valence-electron chi connectivity index (χ1n) is 3.16. The minimum Gasteiger partial charge on any atom is -0.260 e. The van der Waals surface area contributed by atoms with Gasteiger partial charge < -0.3 is 0 Å². The van der Waals surface area contributed by atoms with Crippen molar-refractivity contribution in [3.05, 3.63) is 0 Å². The van der Waals surface area contributed by atoms with E-state index in [4.69, 9.17) is 29.0 Å². The maximum atomic E-state index is 5.62. The van der Waals surface area contributed by atoms with Crippen molar-refractivity contribution in [3.8, 4) is 0 Å². The summed E-state index contributed by atoms with van der Waals surface area (Å²) in [5.74, 6) is 5.50. The van der Waals surface area contributed by atoms with E-state index in [1.807, 2.05) is 6.92 Å². The molecule has 0 radical (unpaired) electrons. The van der Waals surface area contributed by atoms with Crippen LogP contribution in [0.3, 0.4) is 0 Å². The predicted molar refractivity (Wildman–Crippen MR) is 46.7 cm³/mol. The van der Waals surface area contributed by atoms with E-state index in [-0.39, 0.29) is 16.8 Å². The largest absolute Gasteiger partial charge is 0.260 e. The molecule has 0 bridgehead atoms. The van der Waals surface area contributed by atoms with Crippen LogP contribution < -0.4 is 5.84 Å². The van der Waals surface area contributed by atoms with Gasteiger partial charge in [0.15, 0.2) is 0 Å². The fraction of sp³-hybridized carbons (Fsp3) is 0.600. The van der Waals surface area contributed by atoms with Gasteiger partial charge in [0, 0.05) is 0 Å². The predicted octanol–water partition coefficient (Wildman–Crippen LogP) is 1.10. The molecule has 0 saturated carbocycles.